The van der Waals surface area contributed by atoms with E-state index in [9.17, 15) is 0 Å². The van der Waals surface area contributed by atoms with Crippen LogP contribution in [0, 0.1) is 5.92 Å². The summed E-state index contributed by atoms with van der Waals surface area (Å²) in [5.74, 6) is 0.950. The van der Waals surface area contributed by atoms with Crippen LogP contribution < -0.4 is 5.32 Å². The molecule has 1 N–H and O–H groups in total. The van der Waals surface area contributed by atoms with Crippen LogP contribution in [0.25, 0.3) is 0 Å². The minimum absolute atomic E-state index is 0.179. The number of nitrogens with one attached hydrogen (secondary N) is 1. The van der Waals surface area contributed by atoms with Gasteiger partial charge in [-0.25, -0.2) is 4.98 Å². The summed E-state index contributed by atoms with van der Waals surface area (Å²) >= 11 is 1.79. The van der Waals surface area contributed by atoms with E-state index in [1.54, 1.807) is 11.3 Å². The van der Waals surface area contributed by atoms with Crippen molar-refractivity contribution in [3.05, 3.63) is 16.6 Å². The number of rotatable bonds is 4. The molecule has 0 radical (unpaired) electrons. The van der Waals surface area contributed by atoms with Gasteiger partial charge in [0, 0.05) is 11.6 Å². The smallest absolute Gasteiger partial charge is 0.113 e. The molecule has 0 aromatic carbocycles. The van der Waals surface area contributed by atoms with Crippen LogP contribution in [-0.4, -0.2) is 12.0 Å². The van der Waals surface area contributed by atoms with Crippen LogP contribution in [0.3, 0.4) is 0 Å². The third-order valence-electron chi connectivity index (χ3n) is 3.98. The average molecular weight is 238 g/mol. The molecule has 0 atom stereocenters. The summed E-state index contributed by atoms with van der Waals surface area (Å²) in [6.07, 6.45) is 9.87. The van der Waals surface area contributed by atoms with Gasteiger partial charge in [0.1, 0.15) is 5.01 Å². The van der Waals surface area contributed by atoms with E-state index >= 15 is 0 Å². The molecule has 0 unspecified atom stereocenters. The molecule has 1 fully saturated rings. The summed E-state index contributed by atoms with van der Waals surface area (Å²) in [6.45, 7) is 2.29. The molecule has 3 heteroatoms. The van der Waals surface area contributed by atoms with Crippen LogP contribution >= 0.6 is 11.3 Å². The molecule has 2 rings (SSSR count). The number of hydrogen-bond donors (Lipinski definition) is 1. The maximum absolute atomic E-state index is 4.51. The lowest BCUT2D eigenvalue weighted by atomic mass is 9.75. The van der Waals surface area contributed by atoms with E-state index in [-0.39, 0.29) is 5.54 Å². The number of nitrogens with zero attached hydrogens (tertiary/aromatic N) is 1. The van der Waals surface area contributed by atoms with Gasteiger partial charge in [-0.15, -0.1) is 11.3 Å². The monoisotopic (exact) mass is 238 g/mol. The van der Waals surface area contributed by atoms with E-state index in [1.807, 2.05) is 6.20 Å². The quantitative estimate of drug-likeness (QED) is 0.867. The van der Waals surface area contributed by atoms with Crippen LogP contribution in [0.5, 0.6) is 0 Å². The molecule has 1 aromatic heterocycles. The second-order valence-corrected chi connectivity index (χ2v) is 5.80. The normalized spacial score (nSPS) is 30.5. The van der Waals surface area contributed by atoms with Crippen molar-refractivity contribution in [2.75, 3.05) is 7.05 Å². The summed E-state index contributed by atoms with van der Waals surface area (Å²) in [7, 11) is 2.08. The molecule has 1 saturated carbocycles. The predicted octanol–water partition coefficient (Wildman–Crippen LogP) is 3.55. The van der Waals surface area contributed by atoms with Crippen molar-refractivity contribution in [3.8, 4) is 0 Å². The highest BCUT2D eigenvalue weighted by molar-refractivity contribution is 7.09. The average Bonchev–Trinajstić information content (AvgIpc) is 2.85. The first-order chi connectivity index (χ1) is 7.80. The van der Waals surface area contributed by atoms with E-state index in [2.05, 4.69) is 29.7 Å². The molecule has 16 heavy (non-hydrogen) atoms. The van der Waals surface area contributed by atoms with Crippen molar-refractivity contribution in [1.82, 2.24) is 10.3 Å². The molecule has 1 aromatic rings. The van der Waals surface area contributed by atoms with Crippen molar-refractivity contribution in [2.24, 2.45) is 5.92 Å². The third kappa shape index (κ3) is 2.30. The van der Waals surface area contributed by atoms with Crippen molar-refractivity contribution in [2.45, 2.75) is 51.0 Å². The fourth-order valence-corrected chi connectivity index (χ4v) is 3.80. The van der Waals surface area contributed by atoms with Gasteiger partial charge in [0.25, 0.3) is 0 Å². The Hall–Kier alpha value is -0.410. The molecule has 0 amide bonds. The Bertz CT molecular complexity index is 300. The fraction of sp³-hybridized carbons (Fsp3) is 0.769. The van der Waals surface area contributed by atoms with E-state index in [1.165, 1.54) is 43.5 Å². The van der Waals surface area contributed by atoms with Gasteiger partial charge in [0.2, 0.25) is 0 Å². The van der Waals surface area contributed by atoms with Crippen molar-refractivity contribution < 1.29 is 0 Å². The van der Waals surface area contributed by atoms with E-state index < -0.39 is 0 Å². The van der Waals surface area contributed by atoms with Crippen LogP contribution in [0.1, 0.15) is 50.5 Å². The highest BCUT2D eigenvalue weighted by Gasteiger charge is 2.37. The number of hydrogen-bond acceptors (Lipinski definition) is 3. The molecule has 1 aliphatic rings. The van der Waals surface area contributed by atoms with Crippen LogP contribution in [0.2, 0.25) is 0 Å². The summed E-state index contributed by atoms with van der Waals surface area (Å²) < 4.78 is 0. The Morgan fingerprint density at radius 3 is 2.75 bits per heavy atom. The SMILES string of the molecule is CCCC1CCC(NC)(c2nccs2)CC1. The molecular weight excluding hydrogens is 216 g/mol. The van der Waals surface area contributed by atoms with Gasteiger partial charge >= 0.3 is 0 Å². The summed E-state index contributed by atoms with van der Waals surface area (Å²) in [5, 5.41) is 6.90. The molecule has 2 nitrogen and oxygen atoms in total. The van der Waals surface area contributed by atoms with Gasteiger partial charge < -0.3 is 5.32 Å². The second-order valence-electron chi connectivity index (χ2n) is 4.90. The highest BCUT2D eigenvalue weighted by atomic mass is 32.1. The lowest BCUT2D eigenvalue weighted by Gasteiger charge is -2.38. The Kier molecular flexibility index (Phi) is 3.98. The van der Waals surface area contributed by atoms with E-state index in [0.29, 0.717) is 0 Å². The largest absolute Gasteiger partial charge is 0.308 e. The zero-order valence-electron chi connectivity index (χ0n) is 10.3. The maximum atomic E-state index is 4.51. The standard InChI is InChI=1S/C13H22N2S/c1-3-4-11-5-7-13(14-2,8-6-11)12-15-9-10-16-12/h9-11,14H,3-8H2,1-2H3. The van der Waals surface area contributed by atoms with Gasteiger partial charge in [0.15, 0.2) is 0 Å². The molecule has 1 heterocycles. The lowest BCUT2D eigenvalue weighted by molar-refractivity contribution is 0.192. The molecule has 1 aliphatic carbocycles. The number of aromatic nitrogens is 1. The van der Waals surface area contributed by atoms with Gasteiger partial charge in [0.05, 0.1) is 5.54 Å². The molecule has 0 aliphatic heterocycles. The van der Waals surface area contributed by atoms with Crippen LogP contribution in [0.15, 0.2) is 11.6 Å². The molecule has 0 bridgehead atoms. The Morgan fingerprint density at radius 1 is 1.50 bits per heavy atom. The second kappa shape index (κ2) is 5.28. The lowest BCUT2D eigenvalue weighted by Crippen LogP contribution is -2.43. The molecular formula is C13H22N2S. The summed E-state index contributed by atoms with van der Waals surface area (Å²) in [4.78, 5) is 4.51. The van der Waals surface area contributed by atoms with Crippen molar-refractivity contribution in [1.29, 1.82) is 0 Å². The minimum Gasteiger partial charge on any atom is -0.308 e. The third-order valence-corrected chi connectivity index (χ3v) is 4.95. The molecule has 0 saturated heterocycles. The first kappa shape index (κ1) is 12.1. The number of thiazole rings is 1. The Labute approximate surface area is 102 Å². The van der Waals surface area contributed by atoms with Gasteiger partial charge in [-0.05, 0) is 38.6 Å². The predicted molar refractivity (Wildman–Crippen MR) is 69.7 cm³/mol. The van der Waals surface area contributed by atoms with Gasteiger partial charge in [-0.2, -0.15) is 0 Å². The highest BCUT2D eigenvalue weighted by Crippen LogP contribution is 2.41. The fourth-order valence-electron chi connectivity index (χ4n) is 2.90. The van der Waals surface area contributed by atoms with Crippen molar-refractivity contribution in [3.63, 3.8) is 0 Å². The van der Waals surface area contributed by atoms with E-state index in [4.69, 9.17) is 0 Å². The minimum atomic E-state index is 0.179. The first-order valence-corrected chi connectivity index (χ1v) is 7.27. The molecule has 90 valence electrons. The topological polar surface area (TPSA) is 24.9 Å². The van der Waals surface area contributed by atoms with Crippen molar-refractivity contribution >= 4 is 11.3 Å². The summed E-state index contributed by atoms with van der Waals surface area (Å²) in [5.41, 5.74) is 0.179. The van der Waals surface area contributed by atoms with Gasteiger partial charge in [-0.1, -0.05) is 19.8 Å². The molecule has 0 spiro atoms. The Morgan fingerprint density at radius 2 is 2.25 bits per heavy atom. The van der Waals surface area contributed by atoms with E-state index in [0.717, 1.165) is 5.92 Å². The Balaban J connectivity index is 2.03. The maximum Gasteiger partial charge on any atom is 0.113 e. The van der Waals surface area contributed by atoms with Crippen LogP contribution in [-0.2, 0) is 5.54 Å². The summed E-state index contributed by atoms with van der Waals surface area (Å²) in [6, 6.07) is 0. The first-order valence-electron chi connectivity index (χ1n) is 6.39. The van der Waals surface area contributed by atoms with Crippen LogP contribution in [0.4, 0.5) is 0 Å². The zero-order chi connectivity index (χ0) is 11.4. The zero-order valence-corrected chi connectivity index (χ0v) is 11.1. The van der Waals surface area contributed by atoms with Gasteiger partial charge in [-0.3, -0.25) is 0 Å².